The van der Waals surface area contributed by atoms with Crippen LogP contribution in [0.15, 0.2) is 0 Å². The summed E-state index contributed by atoms with van der Waals surface area (Å²) in [6, 6.07) is 0. The van der Waals surface area contributed by atoms with Gasteiger partial charge in [0.2, 0.25) is 0 Å². The van der Waals surface area contributed by atoms with Crippen molar-refractivity contribution in [2.75, 3.05) is 34.4 Å². The molecule has 0 aliphatic rings. The Kier molecular flexibility index (Phi) is 6.53. The van der Waals surface area contributed by atoms with Crippen molar-refractivity contribution in [1.29, 1.82) is 0 Å². The van der Waals surface area contributed by atoms with Crippen molar-refractivity contribution in [2.45, 2.75) is 51.7 Å². The smallest absolute Gasteiger partial charge is 0.0648 e. The molecule has 3 heteroatoms. The lowest BCUT2D eigenvalue weighted by Crippen LogP contribution is -2.40. The molecule has 0 amide bonds. The molecule has 98 valence electrons. The third-order valence-electron chi connectivity index (χ3n) is 3.33. The highest BCUT2D eigenvalue weighted by atomic mass is 16.5. The molecule has 0 aromatic carbocycles. The van der Waals surface area contributed by atoms with Crippen LogP contribution in [0.2, 0.25) is 0 Å². The molecule has 0 saturated heterocycles. The van der Waals surface area contributed by atoms with Crippen LogP contribution in [0.4, 0.5) is 0 Å². The molecule has 0 bridgehead atoms. The first-order valence-electron chi connectivity index (χ1n) is 6.01. The van der Waals surface area contributed by atoms with E-state index in [1.807, 2.05) is 0 Å². The Morgan fingerprint density at radius 3 is 1.94 bits per heavy atom. The maximum atomic E-state index is 5.91. The summed E-state index contributed by atoms with van der Waals surface area (Å²) < 4.78 is 11.0. The Hall–Kier alpha value is -0.120. The molecule has 16 heavy (non-hydrogen) atoms. The maximum absolute atomic E-state index is 5.91. The fraction of sp³-hybridized carbons (Fsp3) is 1.00. The number of methoxy groups -OCH3 is 1. The monoisotopic (exact) mass is 231 g/mol. The van der Waals surface area contributed by atoms with Gasteiger partial charge < -0.3 is 14.4 Å². The summed E-state index contributed by atoms with van der Waals surface area (Å²) in [4.78, 5) is 2.23. The zero-order chi connectivity index (χ0) is 12.8. The fourth-order valence-electron chi connectivity index (χ4n) is 1.22. The van der Waals surface area contributed by atoms with Gasteiger partial charge in [-0.05, 0) is 54.6 Å². The Morgan fingerprint density at radius 2 is 1.50 bits per heavy atom. The van der Waals surface area contributed by atoms with Gasteiger partial charge in [-0.15, -0.1) is 0 Å². The Labute approximate surface area is 101 Å². The van der Waals surface area contributed by atoms with E-state index in [1.54, 1.807) is 7.11 Å². The number of nitrogens with zero attached hydrogens (tertiary/aromatic N) is 1. The average molecular weight is 231 g/mol. The van der Waals surface area contributed by atoms with E-state index in [4.69, 9.17) is 9.47 Å². The lowest BCUT2D eigenvalue weighted by Gasteiger charge is -2.34. The van der Waals surface area contributed by atoms with Gasteiger partial charge in [0.25, 0.3) is 0 Å². The van der Waals surface area contributed by atoms with E-state index in [0.717, 1.165) is 26.1 Å². The molecule has 0 radical (unpaired) electrons. The molecule has 0 fully saturated rings. The zero-order valence-corrected chi connectivity index (χ0v) is 12.1. The van der Waals surface area contributed by atoms with Crippen molar-refractivity contribution in [1.82, 2.24) is 4.90 Å². The molecule has 0 aliphatic heterocycles. The van der Waals surface area contributed by atoms with Gasteiger partial charge in [-0.2, -0.15) is 0 Å². The molecule has 0 unspecified atom stereocenters. The van der Waals surface area contributed by atoms with Crippen molar-refractivity contribution in [3.8, 4) is 0 Å². The Morgan fingerprint density at radius 1 is 0.938 bits per heavy atom. The minimum atomic E-state index is -0.0849. The second-order valence-corrected chi connectivity index (χ2v) is 5.81. The number of hydrogen-bond donors (Lipinski definition) is 0. The molecule has 0 aromatic heterocycles. The summed E-state index contributed by atoms with van der Waals surface area (Å²) in [7, 11) is 5.94. The van der Waals surface area contributed by atoms with E-state index >= 15 is 0 Å². The summed E-state index contributed by atoms with van der Waals surface area (Å²) >= 11 is 0. The summed E-state index contributed by atoms with van der Waals surface area (Å²) in [5, 5.41) is 0. The summed E-state index contributed by atoms with van der Waals surface area (Å²) in [5.74, 6) is 0. The summed E-state index contributed by atoms with van der Waals surface area (Å²) in [6.45, 7) is 10.3. The fourth-order valence-corrected chi connectivity index (χ4v) is 1.22. The third-order valence-corrected chi connectivity index (χ3v) is 3.33. The normalized spacial score (nSPS) is 13.5. The predicted octanol–water partition coefficient (Wildman–Crippen LogP) is 2.55. The van der Waals surface area contributed by atoms with Crippen LogP contribution in [0.3, 0.4) is 0 Å². The highest BCUT2D eigenvalue weighted by molar-refractivity contribution is 4.77. The predicted molar refractivity (Wildman–Crippen MR) is 68.9 cm³/mol. The van der Waals surface area contributed by atoms with Crippen LogP contribution in [-0.2, 0) is 9.47 Å². The maximum Gasteiger partial charge on any atom is 0.0648 e. The van der Waals surface area contributed by atoms with E-state index < -0.39 is 0 Å². The van der Waals surface area contributed by atoms with Crippen LogP contribution in [0.25, 0.3) is 0 Å². The summed E-state index contributed by atoms with van der Waals surface area (Å²) in [6.07, 6.45) is 1.97. The number of hydrogen-bond acceptors (Lipinski definition) is 3. The van der Waals surface area contributed by atoms with Crippen LogP contribution >= 0.6 is 0 Å². The van der Waals surface area contributed by atoms with E-state index in [-0.39, 0.29) is 11.1 Å². The van der Waals surface area contributed by atoms with Crippen molar-refractivity contribution >= 4 is 0 Å². The first-order valence-corrected chi connectivity index (χ1v) is 6.01. The van der Waals surface area contributed by atoms with Crippen molar-refractivity contribution in [3.05, 3.63) is 0 Å². The lowest BCUT2D eigenvalue weighted by atomic mass is 9.99. The van der Waals surface area contributed by atoms with Gasteiger partial charge in [-0.1, -0.05) is 0 Å². The first kappa shape index (κ1) is 15.9. The summed E-state index contributed by atoms with van der Waals surface area (Å²) in [5.41, 5.74) is 0.107. The van der Waals surface area contributed by atoms with Crippen molar-refractivity contribution < 1.29 is 9.47 Å². The lowest BCUT2D eigenvalue weighted by molar-refractivity contribution is -0.0479. The molecule has 0 atom stereocenters. The largest absolute Gasteiger partial charge is 0.385 e. The Bertz CT molecular complexity index is 188. The van der Waals surface area contributed by atoms with Gasteiger partial charge in [0.1, 0.15) is 0 Å². The van der Waals surface area contributed by atoms with E-state index in [9.17, 15) is 0 Å². The molecule has 0 heterocycles. The molecule has 0 rings (SSSR count). The molecule has 0 spiro atoms. The molecule has 0 saturated carbocycles. The second kappa shape index (κ2) is 6.58. The van der Waals surface area contributed by atoms with Crippen LogP contribution in [0, 0.1) is 0 Å². The minimum absolute atomic E-state index is 0.0849. The van der Waals surface area contributed by atoms with Crippen LogP contribution in [0.1, 0.15) is 40.5 Å². The van der Waals surface area contributed by atoms with Gasteiger partial charge in [-0.3, -0.25) is 0 Å². The van der Waals surface area contributed by atoms with Gasteiger partial charge >= 0.3 is 0 Å². The van der Waals surface area contributed by atoms with Gasteiger partial charge in [-0.25, -0.2) is 0 Å². The van der Waals surface area contributed by atoms with Gasteiger partial charge in [0.05, 0.1) is 5.60 Å². The highest BCUT2D eigenvalue weighted by Crippen LogP contribution is 2.19. The zero-order valence-electron chi connectivity index (χ0n) is 12.1. The molecule has 0 aliphatic carbocycles. The topological polar surface area (TPSA) is 21.7 Å². The number of rotatable bonds is 8. The van der Waals surface area contributed by atoms with E-state index in [2.05, 4.69) is 46.7 Å². The Balaban J connectivity index is 3.88. The van der Waals surface area contributed by atoms with E-state index in [1.165, 1.54) is 0 Å². The first-order chi connectivity index (χ1) is 7.21. The molecule has 0 N–H and O–H groups in total. The van der Waals surface area contributed by atoms with Crippen LogP contribution in [0.5, 0.6) is 0 Å². The quantitative estimate of drug-likeness (QED) is 0.641. The van der Waals surface area contributed by atoms with Crippen LogP contribution in [-0.4, -0.2) is 50.5 Å². The van der Waals surface area contributed by atoms with Gasteiger partial charge in [0.15, 0.2) is 0 Å². The molecule has 0 aromatic rings. The second-order valence-electron chi connectivity index (χ2n) is 5.81. The van der Waals surface area contributed by atoms with Crippen molar-refractivity contribution in [2.24, 2.45) is 0 Å². The SMILES string of the molecule is COCCC(C)(C)OCCC(C)(C)N(C)C. The standard InChI is InChI=1S/C13H29NO2/c1-12(2,14(5)6)8-11-16-13(3,4)9-10-15-7/h8-11H2,1-7H3. The average Bonchev–Trinajstić information content (AvgIpc) is 2.14. The molecular formula is C13H29NO2. The van der Waals surface area contributed by atoms with Gasteiger partial charge in [0, 0.05) is 25.9 Å². The third kappa shape index (κ3) is 6.46. The van der Waals surface area contributed by atoms with Crippen LogP contribution < -0.4 is 0 Å². The molecular weight excluding hydrogens is 202 g/mol. The van der Waals surface area contributed by atoms with E-state index in [0.29, 0.717) is 0 Å². The number of ether oxygens (including phenoxy) is 2. The van der Waals surface area contributed by atoms with Crippen molar-refractivity contribution in [3.63, 3.8) is 0 Å². The molecule has 3 nitrogen and oxygen atoms in total. The highest BCUT2D eigenvalue weighted by Gasteiger charge is 2.23. The minimum Gasteiger partial charge on any atom is -0.385 e.